The van der Waals surface area contributed by atoms with Crippen LogP contribution in [-0.2, 0) is 0 Å². The Morgan fingerprint density at radius 1 is 1.59 bits per heavy atom. The van der Waals surface area contributed by atoms with Gasteiger partial charge in [-0.25, -0.2) is 0 Å². The Morgan fingerprint density at radius 3 is 2.94 bits per heavy atom. The summed E-state index contributed by atoms with van der Waals surface area (Å²) in [5.41, 5.74) is 0.593. The minimum Gasteiger partial charge on any atom is -0.337 e. The summed E-state index contributed by atoms with van der Waals surface area (Å²) in [7, 11) is 0. The minimum atomic E-state index is 0.0735. The highest BCUT2D eigenvalue weighted by molar-refractivity contribution is 5.92. The van der Waals surface area contributed by atoms with Gasteiger partial charge in [0.1, 0.15) is 5.69 Å². The van der Waals surface area contributed by atoms with Gasteiger partial charge in [0.05, 0.1) is 0 Å². The molecule has 0 bridgehead atoms. The van der Waals surface area contributed by atoms with Crippen molar-refractivity contribution in [2.45, 2.75) is 19.8 Å². The van der Waals surface area contributed by atoms with Crippen LogP contribution in [0.25, 0.3) is 0 Å². The van der Waals surface area contributed by atoms with Crippen LogP contribution in [0.2, 0.25) is 0 Å². The highest BCUT2D eigenvalue weighted by Gasteiger charge is 2.23. The van der Waals surface area contributed by atoms with Crippen molar-refractivity contribution in [1.29, 1.82) is 0 Å². The Balaban J connectivity index is 1.81. The largest absolute Gasteiger partial charge is 0.337 e. The number of hydrogen-bond donors (Lipinski definition) is 2. The maximum absolute atomic E-state index is 12.0. The fourth-order valence-corrected chi connectivity index (χ4v) is 2.23. The van der Waals surface area contributed by atoms with Crippen molar-refractivity contribution in [3.8, 4) is 0 Å². The zero-order valence-electron chi connectivity index (χ0n) is 10.3. The van der Waals surface area contributed by atoms with Crippen LogP contribution in [-0.4, -0.2) is 47.2 Å². The molecule has 5 heteroatoms. The Hall–Kier alpha value is -1.36. The van der Waals surface area contributed by atoms with E-state index in [-0.39, 0.29) is 5.91 Å². The van der Waals surface area contributed by atoms with Gasteiger partial charge in [-0.2, -0.15) is 5.10 Å². The summed E-state index contributed by atoms with van der Waals surface area (Å²) in [6.07, 6.45) is 3.80. The van der Waals surface area contributed by atoms with E-state index in [4.69, 9.17) is 0 Å². The second kappa shape index (κ2) is 5.82. The standard InChI is InChI=1S/C12H20N4O/c1-2-13-9-10-4-7-16(8-5-10)12(17)11-3-6-14-15-11/h3,6,10,13H,2,4-5,7-9H2,1H3,(H,14,15). The summed E-state index contributed by atoms with van der Waals surface area (Å²) in [5.74, 6) is 0.783. The second-order valence-corrected chi connectivity index (χ2v) is 4.51. The Labute approximate surface area is 102 Å². The average Bonchev–Trinajstić information content (AvgIpc) is 2.90. The topological polar surface area (TPSA) is 61.0 Å². The third-order valence-corrected chi connectivity index (χ3v) is 3.32. The molecule has 1 amide bonds. The van der Waals surface area contributed by atoms with Crippen LogP contribution in [0.15, 0.2) is 12.3 Å². The summed E-state index contributed by atoms with van der Waals surface area (Å²) in [5, 5.41) is 9.91. The Kier molecular flexibility index (Phi) is 4.14. The third-order valence-electron chi connectivity index (χ3n) is 3.32. The van der Waals surface area contributed by atoms with Crippen molar-refractivity contribution in [2.24, 2.45) is 5.92 Å². The predicted octanol–water partition coefficient (Wildman–Crippen LogP) is 0.871. The lowest BCUT2D eigenvalue weighted by Gasteiger charge is -2.31. The van der Waals surface area contributed by atoms with E-state index in [1.54, 1.807) is 12.3 Å². The number of carbonyl (C=O) groups is 1. The number of carbonyl (C=O) groups excluding carboxylic acids is 1. The Bertz CT molecular complexity index is 341. The average molecular weight is 236 g/mol. The molecule has 5 nitrogen and oxygen atoms in total. The molecule has 2 N–H and O–H groups in total. The Morgan fingerprint density at radius 2 is 2.35 bits per heavy atom. The first-order valence-corrected chi connectivity index (χ1v) is 6.30. The van der Waals surface area contributed by atoms with E-state index in [9.17, 15) is 4.79 Å². The minimum absolute atomic E-state index is 0.0735. The first-order chi connectivity index (χ1) is 8.31. The molecule has 2 rings (SSSR count). The van der Waals surface area contributed by atoms with Gasteiger partial charge in [0.25, 0.3) is 5.91 Å². The van der Waals surface area contributed by atoms with E-state index < -0.39 is 0 Å². The SMILES string of the molecule is CCNCC1CCN(C(=O)c2ccn[nH]2)CC1. The number of nitrogens with one attached hydrogen (secondary N) is 2. The van der Waals surface area contributed by atoms with Crippen molar-refractivity contribution in [1.82, 2.24) is 20.4 Å². The zero-order chi connectivity index (χ0) is 12.1. The maximum atomic E-state index is 12.0. The molecule has 1 aliphatic rings. The summed E-state index contributed by atoms with van der Waals surface area (Å²) < 4.78 is 0. The van der Waals surface area contributed by atoms with Crippen LogP contribution in [0, 0.1) is 5.92 Å². The molecule has 2 heterocycles. The number of piperidine rings is 1. The van der Waals surface area contributed by atoms with Gasteiger partial charge in [0, 0.05) is 19.3 Å². The van der Waals surface area contributed by atoms with Crippen LogP contribution in [0.4, 0.5) is 0 Å². The molecule has 1 aromatic heterocycles. The van der Waals surface area contributed by atoms with Gasteiger partial charge in [-0.1, -0.05) is 6.92 Å². The van der Waals surface area contributed by atoms with E-state index in [2.05, 4.69) is 22.4 Å². The van der Waals surface area contributed by atoms with Gasteiger partial charge >= 0.3 is 0 Å². The zero-order valence-corrected chi connectivity index (χ0v) is 10.3. The van der Waals surface area contributed by atoms with E-state index in [0.29, 0.717) is 11.6 Å². The molecule has 17 heavy (non-hydrogen) atoms. The van der Waals surface area contributed by atoms with Crippen molar-refractivity contribution in [3.63, 3.8) is 0 Å². The first-order valence-electron chi connectivity index (χ1n) is 6.30. The number of H-pyrrole nitrogens is 1. The number of hydrogen-bond acceptors (Lipinski definition) is 3. The summed E-state index contributed by atoms with van der Waals surface area (Å²) in [6.45, 7) is 5.93. The number of rotatable bonds is 4. The molecule has 0 atom stereocenters. The monoisotopic (exact) mass is 236 g/mol. The molecule has 0 unspecified atom stereocenters. The van der Waals surface area contributed by atoms with Gasteiger partial charge in [-0.05, 0) is 37.9 Å². The predicted molar refractivity (Wildman–Crippen MR) is 65.8 cm³/mol. The van der Waals surface area contributed by atoms with Crippen molar-refractivity contribution in [2.75, 3.05) is 26.2 Å². The quantitative estimate of drug-likeness (QED) is 0.815. The fraction of sp³-hybridized carbons (Fsp3) is 0.667. The summed E-state index contributed by atoms with van der Waals surface area (Å²) >= 11 is 0. The molecule has 1 aromatic rings. The molecule has 0 spiro atoms. The van der Waals surface area contributed by atoms with Crippen LogP contribution >= 0.6 is 0 Å². The molecule has 1 saturated heterocycles. The van der Waals surface area contributed by atoms with Crippen molar-refractivity contribution >= 4 is 5.91 Å². The highest BCUT2D eigenvalue weighted by Crippen LogP contribution is 2.17. The molecule has 0 radical (unpaired) electrons. The number of nitrogens with zero attached hydrogens (tertiary/aromatic N) is 2. The summed E-state index contributed by atoms with van der Waals surface area (Å²) in [6, 6.07) is 1.73. The lowest BCUT2D eigenvalue weighted by Crippen LogP contribution is -2.40. The van der Waals surface area contributed by atoms with Crippen LogP contribution in [0.3, 0.4) is 0 Å². The van der Waals surface area contributed by atoms with E-state index in [1.807, 2.05) is 4.90 Å². The molecule has 1 aliphatic heterocycles. The molecular weight excluding hydrogens is 216 g/mol. The molecular formula is C12H20N4O. The van der Waals surface area contributed by atoms with Gasteiger partial charge in [-0.15, -0.1) is 0 Å². The fourth-order valence-electron chi connectivity index (χ4n) is 2.23. The third kappa shape index (κ3) is 3.06. The van der Waals surface area contributed by atoms with E-state index in [1.165, 1.54) is 0 Å². The smallest absolute Gasteiger partial charge is 0.271 e. The first kappa shape index (κ1) is 12.1. The van der Waals surface area contributed by atoms with E-state index in [0.717, 1.165) is 39.0 Å². The lowest BCUT2D eigenvalue weighted by atomic mass is 9.96. The van der Waals surface area contributed by atoms with E-state index >= 15 is 0 Å². The molecule has 1 fully saturated rings. The normalized spacial score (nSPS) is 17.4. The maximum Gasteiger partial charge on any atom is 0.271 e. The molecule has 0 aromatic carbocycles. The van der Waals surface area contributed by atoms with Gasteiger partial charge in [0.15, 0.2) is 0 Å². The van der Waals surface area contributed by atoms with Gasteiger partial charge < -0.3 is 10.2 Å². The van der Waals surface area contributed by atoms with Crippen LogP contribution < -0.4 is 5.32 Å². The molecule has 0 saturated carbocycles. The van der Waals surface area contributed by atoms with Crippen molar-refractivity contribution < 1.29 is 4.79 Å². The van der Waals surface area contributed by atoms with Gasteiger partial charge in [-0.3, -0.25) is 9.89 Å². The highest BCUT2D eigenvalue weighted by atomic mass is 16.2. The second-order valence-electron chi connectivity index (χ2n) is 4.51. The number of amides is 1. The number of aromatic amines is 1. The van der Waals surface area contributed by atoms with Crippen molar-refractivity contribution in [3.05, 3.63) is 18.0 Å². The molecule has 0 aliphatic carbocycles. The van der Waals surface area contributed by atoms with Crippen LogP contribution in [0.5, 0.6) is 0 Å². The summed E-state index contributed by atoms with van der Waals surface area (Å²) in [4.78, 5) is 13.9. The van der Waals surface area contributed by atoms with Gasteiger partial charge in [0.2, 0.25) is 0 Å². The molecule has 94 valence electrons. The number of likely N-dealkylation sites (tertiary alicyclic amines) is 1. The number of aromatic nitrogens is 2. The van der Waals surface area contributed by atoms with Crippen LogP contribution in [0.1, 0.15) is 30.3 Å². The lowest BCUT2D eigenvalue weighted by molar-refractivity contribution is 0.0684.